The van der Waals surface area contributed by atoms with Gasteiger partial charge in [0.05, 0.1) is 23.4 Å². The second-order valence-corrected chi connectivity index (χ2v) is 11.3. The number of nitrogens with zero attached hydrogens (tertiary/aromatic N) is 2. The summed E-state index contributed by atoms with van der Waals surface area (Å²) in [5, 5.41) is 0. The Bertz CT molecular complexity index is 2160. The van der Waals surface area contributed by atoms with Crippen molar-refractivity contribution in [3.63, 3.8) is 0 Å². The first-order valence-electron chi connectivity index (χ1n) is 15.2. The Morgan fingerprint density at radius 2 is 0.915 bits per heavy atom. The molecule has 7 heteroatoms. The largest absolute Gasteiger partial charge is 0.457 e. The van der Waals surface area contributed by atoms with E-state index >= 15 is 0 Å². The number of ether oxygens (including phenoxy) is 2. The van der Waals surface area contributed by atoms with E-state index < -0.39 is 0 Å². The van der Waals surface area contributed by atoms with Crippen LogP contribution in [0.15, 0.2) is 146 Å². The minimum atomic E-state index is -0.371. The van der Waals surface area contributed by atoms with E-state index in [-0.39, 0.29) is 17.7 Å². The van der Waals surface area contributed by atoms with Gasteiger partial charge in [-0.25, -0.2) is 4.90 Å². The lowest BCUT2D eigenvalue weighted by atomic mass is 10.1. The Morgan fingerprint density at radius 3 is 1.51 bits per heavy atom. The number of imide groups is 1. The van der Waals surface area contributed by atoms with Gasteiger partial charge in [-0.05, 0) is 95.6 Å². The highest BCUT2D eigenvalue weighted by atomic mass is 16.5. The predicted octanol–water partition coefficient (Wildman–Crippen LogP) is 8.90. The minimum absolute atomic E-state index is 0.0334. The van der Waals surface area contributed by atoms with E-state index in [1.807, 2.05) is 97.1 Å². The van der Waals surface area contributed by atoms with Gasteiger partial charge in [-0.2, -0.15) is 0 Å². The number of amides is 3. The van der Waals surface area contributed by atoms with Gasteiger partial charge in [0, 0.05) is 11.3 Å². The first-order valence-corrected chi connectivity index (χ1v) is 15.2. The van der Waals surface area contributed by atoms with Gasteiger partial charge in [0.25, 0.3) is 17.7 Å². The zero-order chi connectivity index (χ0) is 31.9. The highest BCUT2D eigenvalue weighted by molar-refractivity contribution is 6.34. The van der Waals surface area contributed by atoms with Crippen LogP contribution in [0.4, 0.5) is 11.4 Å². The van der Waals surface area contributed by atoms with E-state index in [1.165, 1.54) is 4.90 Å². The molecule has 0 spiro atoms. The fraction of sp³-hybridized carbons (Fsp3) is 0.0250. The van der Waals surface area contributed by atoms with Gasteiger partial charge in [-0.3, -0.25) is 14.4 Å². The Kier molecular flexibility index (Phi) is 6.84. The maximum Gasteiger partial charge on any atom is 0.266 e. The van der Waals surface area contributed by atoms with Crippen LogP contribution in [-0.2, 0) is 6.54 Å². The second-order valence-electron chi connectivity index (χ2n) is 11.3. The molecule has 3 amide bonds. The molecule has 8 rings (SSSR count). The first kappa shape index (κ1) is 28.0. The standard InChI is InChI=1S/C40H26N2O5/c43-38-36-23-33(20-15-28(36)25-41(38)29-7-3-1-4-8-29)46-31-16-11-26(12-17-31)27-13-18-32(19-14-27)47-34-21-22-35-37(24-34)40(45)42(39(35)44)30-9-5-2-6-10-30/h1-24H,25H2. The average molecular weight is 615 g/mol. The number of hydrogen-bond donors (Lipinski definition) is 0. The molecule has 2 aliphatic heterocycles. The van der Waals surface area contributed by atoms with Crippen LogP contribution >= 0.6 is 0 Å². The van der Waals surface area contributed by atoms with Crippen molar-refractivity contribution in [1.29, 1.82) is 0 Å². The van der Waals surface area contributed by atoms with Gasteiger partial charge in [0.2, 0.25) is 0 Å². The number of carbonyl (C=O) groups is 3. The number of fused-ring (bicyclic) bond motifs is 2. The van der Waals surface area contributed by atoms with Gasteiger partial charge in [-0.1, -0.05) is 66.7 Å². The Morgan fingerprint density at radius 1 is 0.426 bits per heavy atom. The number of para-hydroxylation sites is 2. The van der Waals surface area contributed by atoms with Gasteiger partial charge in [-0.15, -0.1) is 0 Å². The lowest BCUT2D eigenvalue weighted by Gasteiger charge is -2.15. The van der Waals surface area contributed by atoms with Crippen LogP contribution in [0.2, 0.25) is 0 Å². The average Bonchev–Trinajstić information content (AvgIpc) is 3.57. The molecule has 6 aromatic rings. The van der Waals surface area contributed by atoms with E-state index in [4.69, 9.17) is 9.47 Å². The molecule has 6 aromatic carbocycles. The zero-order valence-electron chi connectivity index (χ0n) is 25.0. The van der Waals surface area contributed by atoms with Gasteiger partial charge in [0.15, 0.2) is 0 Å². The lowest BCUT2D eigenvalue weighted by molar-refractivity contribution is 0.0924. The topological polar surface area (TPSA) is 76.1 Å². The third-order valence-corrected chi connectivity index (χ3v) is 8.34. The van der Waals surface area contributed by atoms with Crippen molar-refractivity contribution in [2.24, 2.45) is 0 Å². The van der Waals surface area contributed by atoms with Crippen LogP contribution in [-0.4, -0.2) is 17.7 Å². The molecular weight excluding hydrogens is 588 g/mol. The number of carbonyl (C=O) groups excluding carboxylic acids is 3. The summed E-state index contributed by atoms with van der Waals surface area (Å²) in [4.78, 5) is 42.0. The summed E-state index contributed by atoms with van der Waals surface area (Å²) in [6.07, 6.45) is 0. The summed E-state index contributed by atoms with van der Waals surface area (Å²) in [6.45, 7) is 0.540. The van der Waals surface area contributed by atoms with Crippen LogP contribution in [0.1, 0.15) is 36.6 Å². The van der Waals surface area contributed by atoms with E-state index in [0.717, 1.165) is 22.4 Å². The molecule has 0 fully saturated rings. The molecule has 7 nitrogen and oxygen atoms in total. The quantitative estimate of drug-likeness (QED) is 0.168. The van der Waals surface area contributed by atoms with Crippen molar-refractivity contribution in [3.8, 4) is 34.1 Å². The molecule has 0 unspecified atom stereocenters. The third-order valence-electron chi connectivity index (χ3n) is 8.34. The highest BCUT2D eigenvalue weighted by Crippen LogP contribution is 2.35. The molecule has 0 saturated carbocycles. The molecule has 2 aliphatic rings. The van der Waals surface area contributed by atoms with Crippen molar-refractivity contribution in [3.05, 3.63) is 168 Å². The molecule has 0 aliphatic carbocycles. The van der Waals surface area contributed by atoms with Crippen molar-refractivity contribution >= 4 is 29.1 Å². The van der Waals surface area contributed by atoms with E-state index in [0.29, 0.717) is 51.9 Å². The summed E-state index contributed by atoms with van der Waals surface area (Å²) < 4.78 is 12.2. The monoisotopic (exact) mass is 614 g/mol. The second kappa shape index (κ2) is 11.5. The highest BCUT2D eigenvalue weighted by Gasteiger charge is 2.37. The summed E-state index contributed by atoms with van der Waals surface area (Å²) in [7, 11) is 0. The van der Waals surface area contributed by atoms with E-state index in [2.05, 4.69) is 0 Å². The van der Waals surface area contributed by atoms with Crippen LogP contribution in [0.5, 0.6) is 23.0 Å². The third kappa shape index (κ3) is 5.19. The number of benzene rings is 6. The summed E-state index contributed by atoms with van der Waals surface area (Å²) in [5.74, 6) is 1.58. The molecule has 0 atom stereocenters. The Labute approximate surface area is 270 Å². The summed E-state index contributed by atoms with van der Waals surface area (Å²) in [6, 6.07) is 44.5. The summed E-state index contributed by atoms with van der Waals surface area (Å²) >= 11 is 0. The normalized spacial score (nSPS) is 13.5. The van der Waals surface area contributed by atoms with E-state index in [1.54, 1.807) is 53.4 Å². The fourth-order valence-corrected chi connectivity index (χ4v) is 5.96. The maximum absolute atomic E-state index is 13.1. The van der Waals surface area contributed by atoms with Gasteiger partial charge >= 0.3 is 0 Å². The molecule has 226 valence electrons. The zero-order valence-corrected chi connectivity index (χ0v) is 25.0. The number of hydrogen-bond acceptors (Lipinski definition) is 5. The van der Waals surface area contributed by atoms with Crippen molar-refractivity contribution in [2.45, 2.75) is 6.54 Å². The summed E-state index contributed by atoms with van der Waals surface area (Å²) in [5.41, 5.74) is 5.69. The first-order chi connectivity index (χ1) is 23.0. The van der Waals surface area contributed by atoms with Crippen molar-refractivity contribution in [2.75, 3.05) is 9.80 Å². The van der Waals surface area contributed by atoms with Crippen LogP contribution < -0.4 is 19.3 Å². The SMILES string of the molecule is O=C1c2cc(Oc3ccc(-c4ccc(Oc5ccc6c(c5)C(=O)N(c5ccccc5)C6=O)cc4)cc3)ccc2CN1c1ccccc1. The molecule has 47 heavy (non-hydrogen) atoms. The Balaban J connectivity index is 0.927. The van der Waals surface area contributed by atoms with Crippen molar-refractivity contribution < 1.29 is 23.9 Å². The van der Waals surface area contributed by atoms with Crippen molar-refractivity contribution in [1.82, 2.24) is 0 Å². The Hall–Kier alpha value is -6.47. The van der Waals surface area contributed by atoms with E-state index in [9.17, 15) is 14.4 Å². The van der Waals surface area contributed by atoms with Crippen LogP contribution in [0, 0.1) is 0 Å². The lowest BCUT2D eigenvalue weighted by Crippen LogP contribution is -2.29. The molecule has 0 N–H and O–H groups in total. The fourth-order valence-electron chi connectivity index (χ4n) is 5.96. The van der Waals surface area contributed by atoms with Crippen LogP contribution in [0.25, 0.3) is 11.1 Å². The molecule has 0 aromatic heterocycles. The number of rotatable bonds is 7. The molecule has 2 heterocycles. The number of anilines is 2. The molecule has 0 bridgehead atoms. The molecule has 0 saturated heterocycles. The molecule has 0 radical (unpaired) electrons. The van der Waals surface area contributed by atoms with Gasteiger partial charge in [0.1, 0.15) is 23.0 Å². The smallest absolute Gasteiger partial charge is 0.266 e. The predicted molar refractivity (Wildman–Crippen MR) is 179 cm³/mol. The van der Waals surface area contributed by atoms with Gasteiger partial charge < -0.3 is 14.4 Å². The molecular formula is C40H26N2O5. The van der Waals surface area contributed by atoms with Crippen LogP contribution in [0.3, 0.4) is 0 Å². The maximum atomic E-state index is 13.1. The minimum Gasteiger partial charge on any atom is -0.457 e.